The minimum Gasteiger partial charge on any atom is -0.462 e. The summed E-state index contributed by atoms with van der Waals surface area (Å²) in [7, 11) is 0. The monoisotopic (exact) mass is 684 g/mol. The average molecular weight is 684 g/mol. The number of rotatable bonds is 21. The minimum atomic E-state index is -0.130. The molecular formula is C43H77N3O3. The fourth-order valence-electron chi connectivity index (χ4n) is 11.3. The van der Waals surface area contributed by atoms with E-state index in [0.717, 1.165) is 93.5 Å². The summed E-state index contributed by atoms with van der Waals surface area (Å²) in [6.45, 7) is 15.4. The highest BCUT2D eigenvalue weighted by Crippen LogP contribution is 2.67. The maximum Gasteiger partial charge on any atom is 0.306 e. The molecule has 3 saturated carbocycles. The molecule has 6 nitrogen and oxygen atoms in total. The van der Waals surface area contributed by atoms with Crippen LogP contribution in [0.5, 0.6) is 0 Å². The van der Waals surface area contributed by atoms with Crippen LogP contribution in [0.1, 0.15) is 169 Å². The number of unbranched alkanes of at least 4 members (excludes halogenated alkanes) is 5. The third kappa shape index (κ3) is 10.6. The van der Waals surface area contributed by atoms with Gasteiger partial charge in [0.2, 0.25) is 5.91 Å². The predicted molar refractivity (Wildman–Crippen MR) is 204 cm³/mol. The molecule has 0 aromatic heterocycles. The van der Waals surface area contributed by atoms with Crippen LogP contribution in [-0.4, -0.2) is 49.1 Å². The first-order chi connectivity index (χ1) is 23.5. The van der Waals surface area contributed by atoms with Crippen molar-refractivity contribution in [1.29, 1.82) is 0 Å². The topological polar surface area (TPSA) is 98.7 Å². The molecule has 0 aromatic carbocycles. The molecule has 0 aromatic rings. The van der Waals surface area contributed by atoms with Crippen LogP contribution >= 0.6 is 0 Å². The van der Waals surface area contributed by atoms with Gasteiger partial charge >= 0.3 is 5.97 Å². The molecule has 0 radical (unpaired) electrons. The summed E-state index contributed by atoms with van der Waals surface area (Å²) < 4.78 is 6.09. The van der Waals surface area contributed by atoms with Gasteiger partial charge < -0.3 is 21.1 Å². The Morgan fingerprint density at radius 1 is 0.816 bits per heavy atom. The molecule has 4 rings (SSSR count). The van der Waals surface area contributed by atoms with Gasteiger partial charge in [0.25, 0.3) is 0 Å². The molecule has 8 atom stereocenters. The molecule has 3 fully saturated rings. The molecule has 6 heteroatoms. The molecule has 0 spiro atoms. The van der Waals surface area contributed by atoms with Gasteiger partial charge in [-0.15, -0.1) is 0 Å². The molecule has 4 N–H and O–H groups in total. The lowest BCUT2D eigenvalue weighted by molar-refractivity contribution is -0.151. The Morgan fingerprint density at radius 2 is 1.53 bits per heavy atom. The number of nitrogens with zero attached hydrogens (tertiary/aromatic N) is 1. The Kier molecular flexibility index (Phi) is 16.0. The van der Waals surface area contributed by atoms with Crippen molar-refractivity contribution in [2.75, 3.05) is 26.2 Å². The standard InChI is InChI=1S/C43H77N3O3/c1-32(2)15-12-16-33(3)37-21-22-38-36-20-19-34-31-35(23-25-42(34,4)39(36)24-26-43(37,38)5)49-41(48)18-13-17-40(47)46(30-14-28-45)29-11-9-7-6-8-10-27-44/h19,32-33,35-39H,6-18,20-31,44-45H2,1-5H3. The molecule has 49 heavy (non-hydrogen) atoms. The molecule has 0 saturated heterocycles. The molecule has 1 amide bonds. The molecular weight excluding hydrogens is 606 g/mol. The number of carbonyl (C=O) groups is 2. The number of fused-ring (bicyclic) bond motifs is 5. The lowest BCUT2D eigenvalue weighted by Gasteiger charge is -2.58. The number of nitrogens with two attached hydrogens (primary N) is 2. The molecule has 0 heterocycles. The molecule has 4 aliphatic carbocycles. The molecule has 4 aliphatic rings. The predicted octanol–water partition coefficient (Wildman–Crippen LogP) is 9.59. The van der Waals surface area contributed by atoms with Gasteiger partial charge in [-0.2, -0.15) is 0 Å². The Labute approximate surface area is 301 Å². The van der Waals surface area contributed by atoms with E-state index in [1.54, 1.807) is 5.57 Å². The van der Waals surface area contributed by atoms with Gasteiger partial charge in [0, 0.05) is 32.4 Å². The first-order valence-corrected chi connectivity index (χ1v) is 21.1. The first kappa shape index (κ1) is 40.4. The average Bonchev–Trinajstić information content (AvgIpc) is 3.43. The summed E-state index contributed by atoms with van der Waals surface area (Å²) in [6, 6.07) is 0. The largest absolute Gasteiger partial charge is 0.462 e. The summed E-state index contributed by atoms with van der Waals surface area (Å²) >= 11 is 0. The Morgan fingerprint density at radius 3 is 2.27 bits per heavy atom. The summed E-state index contributed by atoms with van der Waals surface area (Å²) in [6.07, 6.45) is 25.6. The van der Waals surface area contributed by atoms with Gasteiger partial charge in [-0.1, -0.05) is 91.2 Å². The third-order valence-corrected chi connectivity index (χ3v) is 14.2. The lowest BCUT2D eigenvalue weighted by atomic mass is 9.47. The summed E-state index contributed by atoms with van der Waals surface area (Å²) in [5, 5.41) is 0. The number of amides is 1. The highest BCUT2D eigenvalue weighted by Gasteiger charge is 2.59. The second-order valence-electron chi connectivity index (χ2n) is 17.9. The number of hydrogen-bond acceptors (Lipinski definition) is 5. The van der Waals surface area contributed by atoms with E-state index in [4.69, 9.17) is 16.2 Å². The zero-order chi connectivity index (χ0) is 35.4. The zero-order valence-corrected chi connectivity index (χ0v) is 32.6. The van der Waals surface area contributed by atoms with E-state index in [-0.39, 0.29) is 23.4 Å². The fourth-order valence-corrected chi connectivity index (χ4v) is 11.3. The van der Waals surface area contributed by atoms with Crippen molar-refractivity contribution < 1.29 is 14.3 Å². The summed E-state index contributed by atoms with van der Waals surface area (Å²) in [5.74, 6) is 5.05. The van der Waals surface area contributed by atoms with Crippen molar-refractivity contribution in [3.63, 3.8) is 0 Å². The van der Waals surface area contributed by atoms with E-state index >= 15 is 0 Å². The van der Waals surface area contributed by atoms with Crippen molar-refractivity contribution in [3.05, 3.63) is 11.6 Å². The maximum atomic E-state index is 13.0. The summed E-state index contributed by atoms with van der Waals surface area (Å²) in [4.78, 5) is 28.0. The number of ether oxygens (including phenoxy) is 1. The van der Waals surface area contributed by atoms with Crippen molar-refractivity contribution in [2.24, 2.45) is 57.8 Å². The van der Waals surface area contributed by atoms with Gasteiger partial charge in [0.1, 0.15) is 6.10 Å². The van der Waals surface area contributed by atoms with Crippen LogP contribution < -0.4 is 11.5 Å². The van der Waals surface area contributed by atoms with E-state index < -0.39 is 0 Å². The van der Waals surface area contributed by atoms with Gasteiger partial charge in [-0.3, -0.25) is 9.59 Å². The second-order valence-corrected chi connectivity index (χ2v) is 17.9. The first-order valence-electron chi connectivity index (χ1n) is 21.1. The minimum absolute atomic E-state index is 0.0126. The van der Waals surface area contributed by atoms with Crippen LogP contribution in [0.15, 0.2) is 11.6 Å². The molecule has 282 valence electrons. The molecule has 8 unspecified atom stereocenters. The van der Waals surface area contributed by atoms with Gasteiger partial charge in [-0.05, 0) is 130 Å². The van der Waals surface area contributed by atoms with Crippen LogP contribution in [-0.2, 0) is 14.3 Å². The van der Waals surface area contributed by atoms with Crippen molar-refractivity contribution in [3.8, 4) is 0 Å². The van der Waals surface area contributed by atoms with Crippen molar-refractivity contribution in [2.45, 2.75) is 176 Å². The highest BCUT2D eigenvalue weighted by atomic mass is 16.5. The number of esters is 1. The number of hydrogen-bond donors (Lipinski definition) is 2. The van der Waals surface area contributed by atoms with E-state index in [0.29, 0.717) is 37.8 Å². The Hall–Kier alpha value is -1.40. The fraction of sp³-hybridized carbons (Fsp3) is 0.907. The van der Waals surface area contributed by atoms with Gasteiger partial charge in [0.05, 0.1) is 0 Å². The van der Waals surface area contributed by atoms with E-state index in [1.165, 1.54) is 70.6 Å². The van der Waals surface area contributed by atoms with Crippen LogP contribution in [0.2, 0.25) is 0 Å². The number of carbonyl (C=O) groups excluding carboxylic acids is 2. The molecule has 0 aliphatic heterocycles. The van der Waals surface area contributed by atoms with Gasteiger partial charge in [-0.25, -0.2) is 0 Å². The van der Waals surface area contributed by atoms with Crippen LogP contribution in [0.3, 0.4) is 0 Å². The Balaban J connectivity index is 1.22. The third-order valence-electron chi connectivity index (χ3n) is 14.2. The molecule has 0 bridgehead atoms. The zero-order valence-electron chi connectivity index (χ0n) is 32.6. The smallest absolute Gasteiger partial charge is 0.306 e. The summed E-state index contributed by atoms with van der Waals surface area (Å²) in [5.41, 5.74) is 13.7. The maximum absolute atomic E-state index is 13.0. The number of allylic oxidation sites excluding steroid dienone is 1. The second kappa shape index (κ2) is 19.4. The Bertz CT molecular complexity index is 1060. The van der Waals surface area contributed by atoms with E-state index in [1.807, 2.05) is 4.90 Å². The van der Waals surface area contributed by atoms with E-state index in [9.17, 15) is 9.59 Å². The van der Waals surface area contributed by atoms with Gasteiger partial charge in [0.15, 0.2) is 0 Å². The van der Waals surface area contributed by atoms with Crippen molar-refractivity contribution in [1.82, 2.24) is 4.90 Å². The van der Waals surface area contributed by atoms with Crippen LogP contribution in [0, 0.1) is 46.3 Å². The quantitative estimate of drug-likeness (QED) is 0.0713. The van der Waals surface area contributed by atoms with E-state index in [2.05, 4.69) is 40.7 Å². The SMILES string of the molecule is CC(C)CCCC(C)C1CCC2C3CC=C4CC(OC(=O)CCCC(=O)N(CCCN)CCCCCCCCN)CCC4(C)C3CCC12C. The van der Waals surface area contributed by atoms with Crippen molar-refractivity contribution >= 4 is 11.9 Å². The van der Waals surface area contributed by atoms with Crippen LogP contribution in [0.25, 0.3) is 0 Å². The van der Waals surface area contributed by atoms with Crippen LogP contribution in [0.4, 0.5) is 0 Å². The normalized spacial score (nSPS) is 31.4. The highest BCUT2D eigenvalue weighted by molar-refractivity contribution is 5.77. The lowest BCUT2D eigenvalue weighted by Crippen LogP contribution is -2.51.